The van der Waals surface area contributed by atoms with Crippen molar-refractivity contribution in [2.45, 2.75) is 0 Å². The molecule has 0 aliphatic rings. The van der Waals surface area contributed by atoms with Crippen LogP contribution in [-0.4, -0.2) is 11.9 Å². The number of ether oxygens (including phenoxy) is 1. The fourth-order valence-electron chi connectivity index (χ4n) is 1.48. The third kappa shape index (κ3) is 4.18. The summed E-state index contributed by atoms with van der Waals surface area (Å²) in [4.78, 5) is 0. The van der Waals surface area contributed by atoms with E-state index in [0.29, 0.717) is 17.9 Å². The highest BCUT2D eigenvalue weighted by Crippen LogP contribution is 2.21. The average molecular weight is 330 g/mol. The monoisotopic (exact) mass is 329 g/mol. The Morgan fingerprint density at radius 1 is 0.950 bits per heavy atom. The van der Waals surface area contributed by atoms with Crippen LogP contribution in [0.4, 0.5) is 11.4 Å². The van der Waals surface area contributed by atoms with E-state index in [0.717, 1.165) is 16.8 Å². The second-order valence-electron chi connectivity index (χ2n) is 3.89. The van der Waals surface area contributed by atoms with Gasteiger partial charge in [0.05, 0.1) is 29.6 Å². The molecule has 0 amide bonds. The summed E-state index contributed by atoms with van der Waals surface area (Å²) in [7, 11) is 0. The Kier molecular flexibility index (Phi) is 5.27. The number of halogens is 1. The molecule has 0 aromatic heterocycles. The van der Waals surface area contributed by atoms with Crippen LogP contribution in [0.5, 0.6) is 5.75 Å². The molecule has 0 radical (unpaired) electrons. The molecule has 2 rings (SSSR count). The quantitative estimate of drug-likeness (QED) is 0.587. The molecule has 4 nitrogen and oxygen atoms in total. The Bertz CT molecular complexity index is 615. The molecule has 0 heterocycles. The van der Waals surface area contributed by atoms with E-state index in [9.17, 15) is 0 Å². The maximum atomic E-state index is 8.71. The number of rotatable bonds is 5. The van der Waals surface area contributed by atoms with Gasteiger partial charge in [0.1, 0.15) is 5.75 Å². The lowest BCUT2D eigenvalue weighted by Crippen LogP contribution is -1.96. The van der Waals surface area contributed by atoms with E-state index in [1.54, 1.807) is 24.3 Å². The van der Waals surface area contributed by atoms with Crippen molar-refractivity contribution in [3.05, 3.63) is 54.1 Å². The second kappa shape index (κ2) is 7.41. The molecule has 100 valence electrons. The van der Waals surface area contributed by atoms with Crippen LogP contribution in [0, 0.1) is 11.3 Å². The molecule has 0 atom stereocenters. The third-order valence-electron chi connectivity index (χ3n) is 2.46. The van der Waals surface area contributed by atoms with Crippen molar-refractivity contribution < 1.29 is 4.74 Å². The van der Waals surface area contributed by atoms with Crippen LogP contribution in [-0.2, 0) is 0 Å². The summed E-state index contributed by atoms with van der Waals surface area (Å²) in [5.41, 5.74) is 2.07. The first kappa shape index (κ1) is 14.2. The van der Waals surface area contributed by atoms with Gasteiger partial charge in [-0.25, -0.2) is 0 Å². The van der Waals surface area contributed by atoms with Crippen molar-refractivity contribution in [1.82, 2.24) is 0 Å². The number of azo groups is 1. The summed E-state index contributed by atoms with van der Waals surface area (Å²) in [6.07, 6.45) is 0. The second-order valence-corrected chi connectivity index (χ2v) is 4.68. The molecule has 0 bridgehead atoms. The Balaban J connectivity index is 2.01. The van der Waals surface area contributed by atoms with Crippen LogP contribution in [0.25, 0.3) is 0 Å². The van der Waals surface area contributed by atoms with Crippen LogP contribution in [0.15, 0.2) is 58.8 Å². The minimum Gasteiger partial charge on any atom is -0.493 e. The molecule has 0 aliphatic carbocycles. The SMILES string of the molecule is N#Cc1ccc(N=Nc2ccc(OCCBr)cc2)cc1. The van der Waals surface area contributed by atoms with Crippen LogP contribution in [0.2, 0.25) is 0 Å². The van der Waals surface area contributed by atoms with E-state index >= 15 is 0 Å². The van der Waals surface area contributed by atoms with E-state index in [1.165, 1.54) is 0 Å². The smallest absolute Gasteiger partial charge is 0.119 e. The molecule has 20 heavy (non-hydrogen) atoms. The van der Waals surface area contributed by atoms with Gasteiger partial charge in [0, 0.05) is 5.33 Å². The molecular weight excluding hydrogens is 318 g/mol. The molecular formula is C15H12BrN3O. The maximum absolute atomic E-state index is 8.71. The largest absolute Gasteiger partial charge is 0.493 e. The van der Waals surface area contributed by atoms with Gasteiger partial charge in [-0.05, 0) is 48.5 Å². The molecule has 2 aromatic rings. The van der Waals surface area contributed by atoms with Crippen molar-refractivity contribution >= 4 is 27.3 Å². The van der Waals surface area contributed by atoms with Crippen LogP contribution in [0.1, 0.15) is 5.56 Å². The number of hydrogen-bond donors (Lipinski definition) is 0. The van der Waals surface area contributed by atoms with E-state index in [-0.39, 0.29) is 0 Å². The highest BCUT2D eigenvalue weighted by Gasteiger charge is 1.95. The highest BCUT2D eigenvalue weighted by molar-refractivity contribution is 9.09. The van der Waals surface area contributed by atoms with E-state index in [1.807, 2.05) is 24.3 Å². The van der Waals surface area contributed by atoms with Gasteiger partial charge in [-0.3, -0.25) is 0 Å². The van der Waals surface area contributed by atoms with Gasteiger partial charge in [0.15, 0.2) is 0 Å². The Hall–Kier alpha value is -2.19. The summed E-state index contributed by atoms with van der Waals surface area (Å²) in [6, 6.07) is 16.4. The molecule has 0 N–H and O–H groups in total. The summed E-state index contributed by atoms with van der Waals surface area (Å²) in [6.45, 7) is 0.631. The van der Waals surface area contributed by atoms with E-state index in [4.69, 9.17) is 10.00 Å². The number of alkyl halides is 1. The van der Waals surface area contributed by atoms with Crippen LogP contribution >= 0.6 is 15.9 Å². The predicted molar refractivity (Wildman–Crippen MR) is 81.1 cm³/mol. The van der Waals surface area contributed by atoms with Gasteiger partial charge < -0.3 is 4.74 Å². The molecule has 2 aromatic carbocycles. The normalized spacial score (nSPS) is 10.4. The van der Waals surface area contributed by atoms with Crippen molar-refractivity contribution in [2.24, 2.45) is 10.2 Å². The van der Waals surface area contributed by atoms with Crippen molar-refractivity contribution in [3.63, 3.8) is 0 Å². The predicted octanol–water partition coefficient (Wildman–Crippen LogP) is 4.75. The molecule has 0 unspecified atom stereocenters. The van der Waals surface area contributed by atoms with Gasteiger partial charge in [-0.1, -0.05) is 15.9 Å². The first-order chi connectivity index (χ1) is 9.81. The Morgan fingerprint density at radius 3 is 2.00 bits per heavy atom. The van der Waals surface area contributed by atoms with Gasteiger partial charge in [0.2, 0.25) is 0 Å². The number of nitrogens with zero attached hydrogens (tertiary/aromatic N) is 3. The van der Waals surface area contributed by atoms with Gasteiger partial charge in [-0.2, -0.15) is 15.5 Å². The van der Waals surface area contributed by atoms with Crippen LogP contribution < -0.4 is 4.74 Å². The Morgan fingerprint density at radius 2 is 1.50 bits per heavy atom. The van der Waals surface area contributed by atoms with Gasteiger partial charge in [0.25, 0.3) is 0 Å². The first-order valence-electron chi connectivity index (χ1n) is 6.02. The lowest BCUT2D eigenvalue weighted by Gasteiger charge is -2.02. The number of hydrogen-bond acceptors (Lipinski definition) is 4. The van der Waals surface area contributed by atoms with Crippen molar-refractivity contribution in [3.8, 4) is 11.8 Å². The average Bonchev–Trinajstić information content (AvgIpc) is 2.52. The molecule has 0 spiro atoms. The minimum absolute atomic E-state index is 0.609. The topological polar surface area (TPSA) is 57.7 Å². The Labute approximate surface area is 125 Å². The summed E-state index contributed by atoms with van der Waals surface area (Å²) < 4.78 is 5.45. The lowest BCUT2D eigenvalue weighted by atomic mass is 10.2. The van der Waals surface area contributed by atoms with E-state index in [2.05, 4.69) is 32.2 Å². The molecule has 0 saturated heterocycles. The lowest BCUT2D eigenvalue weighted by molar-refractivity contribution is 0.345. The fourth-order valence-corrected chi connectivity index (χ4v) is 1.65. The van der Waals surface area contributed by atoms with Gasteiger partial charge >= 0.3 is 0 Å². The van der Waals surface area contributed by atoms with Crippen molar-refractivity contribution in [1.29, 1.82) is 5.26 Å². The fraction of sp³-hybridized carbons (Fsp3) is 0.133. The third-order valence-corrected chi connectivity index (χ3v) is 2.78. The standard InChI is InChI=1S/C15H12BrN3O/c16-9-10-20-15-7-5-14(6-8-15)19-18-13-3-1-12(11-17)2-4-13/h1-8H,9-10H2. The van der Waals surface area contributed by atoms with E-state index < -0.39 is 0 Å². The molecule has 0 fully saturated rings. The number of benzene rings is 2. The summed E-state index contributed by atoms with van der Waals surface area (Å²) in [5, 5.41) is 17.7. The summed E-state index contributed by atoms with van der Waals surface area (Å²) in [5.74, 6) is 0.807. The van der Waals surface area contributed by atoms with Crippen molar-refractivity contribution in [2.75, 3.05) is 11.9 Å². The molecule has 0 saturated carbocycles. The molecule has 5 heteroatoms. The number of nitriles is 1. The van der Waals surface area contributed by atoms with Crippen LogP contribution in [0.3, 0.4) is 0 Å². The zero-order chi connectivity index (χ0) is 14.2. The molecule has 0 aliphatic heterocycles. The summed E-state index contributed by atoms with van der Waals surface area (Å²) >= 11 is 3.30. The maximum Gasteiger partial charge on any atom is 0.119 e. The zero-order valence-electron chi connectivity index (χ0n) is 10.7. The highest BCUT2D eigenvalue weighted by atomic mass is 79.9. The van der Waals surface area contributed by atoms with Gasteiger partial charge in [-0.15, -0.1) is 0 Å². The first-order valence-corrected chi connectivity index (χ1v) is 7.15. The minimum atomic E-state index is 0.609. The zero-order valence-corrected chi connectivity index (χ0v) is 12.2.